The van der Waals surface area contributed by atoms with Crippen LogP contribution in [0.4, 0.5) is 11.6 Å². The molecule has 4 N–H and O–H groups in total. The summed E-state index contributed by atoms with van der Waals surface area (Å²) in [6.07, 6.45) is 0. The van der Waals surface area contributed by atoms with E-state index in [1.807, 2.05) is 63.2 Å². The normalized spacial score (nSPS) is 11.4. The minimum absolute atomic E-state index is 0.128. The molecule has 0 spiro atoms. The van der Waals surface area contributed by atoms with Gasteiger partial charge in [-0.25, -0.2) is 9.97 Å². The summed E-state index contributed by atoms with van der Waals surface area (Å²) in [6.45, 7) is 5.94. The van der Waals surface area contributed by atoms with E-state index in [1.54, 1.807) is 0 Å². The van der Waals surface area contributed by atoms with Crippen LogP contribution in [0.3, 0.4) is 0 Å². The SMILES string of the molecule is Cc1cccc(C)c1NC(=S)/N=C(\N)Nc1nc(C)c2ccccc2n1. The quantitative estimate of drug-likeness (QED) is 0.365. The van der Waals surface area contributed by atoms with Crippen LogP contribution in [0.15, 0.2) is 47.5 Å². The average Bonchev–Trinajstić information content (AvgIpc) is 2.58. The Labute approximate surface area is 157 Å². The van der Waals surface area contributed by atoms with Gasteiger partial charge in [-0.15, -0.1) is 0 Å². The van der Waals surface area contributed by atoms with E-state index in [4.69, 9.17) is 18.0 Å². The molecule has 6 nitrogen and oxygen atoms in total. The molecule has 1 heterocycles. The van der Waals surface area contributed by atoms with Gasteiger partial charge in [0.1, 0.15) is 0 Å². The van der Waals surface area contributed by atoms with E-state index in [9.17, 15) is 0 Å². The highest BCUT2D eigenvalue weighted by molar-refractivity contribution is 7.80. The summed E-state index contributed by atoms with van der Waals surface area (Å²) >= 11 is 5.29. The Morgan fingerprint density at radius 3 is 2.38 bits per heavy atom. The average molecular weight is 364 g/mol. The van der Waals surface area contributed by atoms with Crippen molar-refractivity contribution in [2.24, 2.45) is 10.7 Å². The number of fused-ring (bicyclic) bond motifs is 1. The van der Waals surface area contributed by atoms with Crippen molar-refractivity contribution < 1.29 is 0 Å². The van der Waals surface area contributed by atoms with Crippen molar-refractivity contribution in [3.05, 3.63) is 59.3 Å². The second-order valence-electron chi connectivity index (χ2n) is 5.97. The van der Waals surface area contributed by atoms with Crippen LogP contribution in [0.5, 0.6) is 0 Å². The second kappa shape index (κ2) is 7.45. The minimum Gasteiger partial charge on any atom is -0.369 e. The van der Waals surface area contributed by atoms with Crippen molar-refractivity contribution in [2.75, 3.05) is 10.6 Å². The Bertz CT molecular complexity index is 992. The standard InChI is InChI=1S/C19H20N6S/c1-11-7-6-8-12(2)16(11)23-19(26)25-17(20)24-18-21-13(3)14-9-4-5-10-15(14)22-18/h4-10H,1-3H3,(H4,20,21,22,23,24,25,26). The monoisotopic (exact) mass is 364 g/mol. The van der Waals surface area contributed by atoms with Gasteiger partial charge < -0.3 is 11.1 Å². The van der Waals surface area contributed by atoms with Crippen LogP contribution in [0, 0.1) is 20.8 Å². The number of benzene rings is 2. The highest BCUT2D eigenvalue weighted by Gasteiger charge is 2.07. The molecule has 0 aliphatic heterocycles. The molecule has 0 aliphatic rings. The Kier molecular flexibility index (Phi) is 5.09. The molecule has 0 amide bonds. The first-order valence-corrected chi connectivity index (χ1v) is 8.56. The van der Waals surface area contributed by atoms with Crippen molar-refractivity contribution in [3.63, 3.8) is 0 Å². The fraction of sp³-hybridized carbons (Fsp3) is 0.158. The van der Waals surface area contributed by atoms with Crippen LogP contribution >= 0.6 is 12.2 Å². The summed E-state index contributed by atoms with van der Waals surface area (Å²) in [7, 11) is 0. The molecule has 0 saturated carbocycles. The van der Waals surface area contributed by atoms with Crippen LogP contribution in [0.25, 0.3) is 10.9 Å². The lowest BCUT2D eigenvalue weighted by atomic mass is 10.1. The molecule has 1 aromatic heterocycles. The Morgan fingerprint density at radius 2 is 1.65 bits per heavy atom. The molecule has 2 aromatic carbocycles. The van der Waals surface area contributed by atoms with Gasteiger partial charge in [-0.1, -0.05) is 36.4 Å². The van der Waals surface area contributed by atoms with Gasteiger partial charge in [0.2, 0.25) is 17.0 Å². The van der Waals surface area contributed by atoms with Gasteiger partial charge in [0.05, 0.1) is 11.2 Å². The number of para-hydroxylation sites is 2. The predicted octanol–water partition coefficient (Wildman–Crippen LogP) is 3.68. The summed E-state index contributed by atoms with van der Waals surface area (Å²) < 4.78 is 0. The molecular formula is C19H20N6S. The first-order valence-electron chi connectivity index (χ1n) is 8.16. The number of nitrogens with two attached hydrogens (primary N) is 1. The molecule has 0 unspecified atom stereocenters. The van der Waals surface area contributed by atoms with Gasteiger partial charge in [-0.3, -0.25) is 5.32 Å². The van der Waals surface area contributed by atoms with Crippen LogP contribution in [0.1, 0.15) is 16.8 Å². The number of anilines is 2. The topological polar surface area (TPSA) is 88.2 Å². The third-order valence-corrected chi connectivity index (χ3v) is 4.16. The van der Waals surface area contributed by atoms with E-state index in [-0.39, 0.29) is 11.1 Å². The van der Waals surface area contributed by atoms with E-state index in [0.29, 0.717) is 5.95 Å². The van der Waals surface area contributed by atoms with E-state index in [0.717, 1.165) is 33.4 Å². The zero-order chi connectivity index (χ0) is 18.7. The van der Waals surface area contributed by atoms with Crippen LogP contribution < -0.4 is 16.4 Å². The molecule has 0 aliphatic carbocycles. The highest BCUT2D eigenvalue weighted by Crippen LogP contribution is 2.19. The van der Waals surface area contributed by atoms with E-state index >= 15 is 0 Å². The van der Waals surface area contributed by atoms with Gasteiger partial charge in [0.15, 0.2) is 0 Å². The van der Waals surface area contributed by atoms with Crippen LogP contribution in [-0.4, -0.2) is 21.0 Å². The number of guanidine groups is 1. The maximum atomic E-state index is 5.96. The molecule has 0 saturated heterocycles. The predicted molar refractivity (Wildman–Crippen MR) is 112 cm³/mol. The van der Waals surface area contributed by atoms with Gasteiger partial charge >= 0.3 is 0 Å². The Morgan fingerprint density at radius 1 is 0.962 bits per heavy atom. The fourth-order valence-corrected chi connectivity index (χ4v) is 2.89. The smallest absolute Gasteiger partial charge is 0.230 e. The number of aromatic nitrogens is 2. The second-order valence-corrected chi connectivity index (χ2v) is 6.36. The summed E-state index contributed by atoms with van der Waals surface area (Å²) in [5, 5.41) is 7.29. The highest BCUT2D eigenvalue weighted by atomic mass is 32.1. The number of rotatable bonds is 2. The lowest BCUT2D eigenvalue weighted by Crippen LogP contribution is -2.26. The lowest BCUT2D eigenvalue weighted by Gasteiger charge is -2.12. The number of hydrogen-bond donors (Lipinski definition) is 3. The number of thiocarbonyl (C=S) groups is 1. The molecule has 0 fully saturated rings. The third-order valence-electron chi connectivity index (χ3n) is 3.97. The number of aryl methyl sites for hydroxylation is 3. The largest absolute Gasteiger partial charge is 0.369 e. The Balaban J connectivity index is 1.77. The molecule has 7 heteroatoms. The third kappa shape index (κ3) is 3.94. The maximum Gasteiger partial charge on any atom is 0.230 e. The van der Waals surface area contributed by atoms with Crippen molar-refractivity contribution in [1.29, 1.82) is 0 Å². The Hall–Kier alpha value is -3.06. The molecular weight excluding hydrogens is 344 g/mol. The molecule has 0 radical (unpaired) electrons. The summed E-state index contributed by atoms with van der Waals surface area (Å²) in [6, 6.07) is 13.8. The number of hydrogen-bond acceptors (Lipinski definition) is 3. The lowest BCUT2D eigenvalue weighted by molar-refractivity contribution is 1.15. The number of aliphatic imine (C=N–C) groups is 1. The molecule has 3 aromatic rings. The summed E-state index contributed by atoms with van der Waals surface area (Å²) in [5.74, 6) is 0.515. The summed E-state index contributed by atoms with van der Waals surface area (Å²) in [5.41, 5.74) is 10.8. The van der Waals surface area contributed by atoms with E-state index in [2.05, 4.69) is 25.6 Å². The van der Waals surface area contributed by atoms with Crippen molar-refractivity contribution in [1.82, 2.24) is 9.97 Å². The fourth-order valence-electron chi connectivity index (χ4n) is 2.69. The van der Waals surface area contributed by atoms with Gasteiger partial charge in [-0.2, -0.15) is 4.99 Å². The van der Waals surface area contributed by atoms with E-state index in [1.165, 1.54) is 0 Å². The van der Waals surface area contributed by atoms with Crippen molar-refractivity contribution >= 4 is 45.8 Å². The zero-order valence-electron chi connectivity index (χ0n) is 14.9. The molecule has 3 rings (SSSR count). The zero-order valence-corrected chi connectivity index (χ0v) is 15.7. The molecule has 0 atom stereocenters. The molecule has 132 valence electrons. The first kappa shape index (κ1) is 17.8. The number of nitrogens with zero attached hydrogens (tertiary/aromatic N) is 3. The van der Waals surface area contributed by atoms with Gasteiger partial charge in [0.25, 0.3) is 0 Å². The molecule has 0 bridgehead atoms. The first-order chi connectivity index (χ1) is 12.4. The van der Waals surface area contributed by atoms with Crippen LogP contribution in [-0.2, 0) is 0 Å². The molecule has 26 heavy (non-hydrogen) atoms. The van der Waals surface area contributed by atoms with Gasteiger partial charge in [-0.05, 0) is 50.2 Å². The van der Waals surface area contributed by atoms with Crippen molar-refractivity contribution in [3.8, 4) is 0 Å². The maximum absolute atomic E-state index is 5.96. The van der Waals surface area contributed by atoms with E-state index < -0.39 is 0 Å². The van der Waals surface area contributed by atoms with Gasteiger partial charge in [0, 0.05) is 11.1 Å². The summed E-state index contributed by atoms with van der Waals surface area (Å²) in [4.78, 5) is 13.0. The number of nitrogens with one attached hydrogen (secondary N) is 2. The van der Waals surface area contributed by atoms with Crippen LogP contribution in [0.2, 0.25) is 0 Å². The minimum atomic E-state index is 0.128. The van der Waals surface area contributed by atoms with Crippen molar-refractivity contribution in [2.45, 2.75) is 20.8 Å².